The van der Waals surface area contributed by atoms with E-state index in [9.17, 15) is 0 Å². The number of hydrogen-bond acceptors (Lipinski definition) is 7. The number of nitrogens with zero attached hydrogens (tertiary/aromatic N) is 3. The van der Waals surface area contributed by atoms with Crippen LogP contribution in [-0.4, -0.2) is 43.2 Å². The molecule has 3 aromatic carbocycles. The van der Waals surface area contributed by atoms with Crippen LogP contribution in [0.15, 0.2) is 66.7 Å². The molecule has 7 nitrogen and oxygen atoms in total. The van der Waals surface area contributed by atoms with Crippen molar-refractivity contribution in [2.24, 2.45) is 0 Å². The van der Waals surface area contributed by atoms with Gasteiger partial charge in [-0.1, -0.05) is 41.7 Å². The number of rotatable bonds is 8. The Bertz CT molecular complexity index is 1590. The van der Waals surface area contributed by atoms with Gasteiger partial charge in [-0.2, -0.15) is 5.10 Å². The van der Waals surface area contributed by atoms with E-state index in [4.69, 9.17) is 29.0 Å². The van der Waals surface area contributed by atoms with Gasteiger partial charge in [-0.15, -0.1) is 0 Å². The highest BCUT2D eigenvalue weighted by atomic mass is 32.1. The van der Waals surface area contributed by atoms with Crippen molar-refractivity contribution in [3.63, 3.8) is 0 Å². The quantitative estimate of drug-likeness (QED) is 0.217. The van der Waals surface area contributed by atoms with Crippen molar-refractivity contribution in [1.82, 2.24) is 14.8 Å². The van der Waals surface area contributed by atoms with Crippen LogP contribution in [0.4, 0.5) is 0 Å². The van der Waals surface area contributed by atoms with E-state index in [1.54, 1.807) is 39.8 Å². The van der Waals surface area contributed by atoms with Crippen molar-refractivity contribution in [2.45, 2.75) is 13.8 Å². The monoisotopic (exact) mass is 527 g/mol. The lowest BCUT2D eigenvalue weighted by molar-refractivity contribution is 0.355. The topological polar surface area (TPSA) is 67.6 Å². The third-order valence-electron chi connectivity index (χ3n) is 6.45. The van der Waals surface area contributed by atoms with E-state index in [1.807, 2.05) is 59.3 Å². The second kappa shape index (κ2) is 10.6. The normalized spacial score (nSPS) is 10.9. The molecule has 0 radical (unpaired) electrons. The average Bonchev–Trinajstić information content (AvgIpc) is 3.52. The van der Waals surface area contributed by atoms with Crippen molar-refractivity contribution in [3.8, 4) is 61.9 Å². The van der Waals surface area contributed by atoms with Crippen molar-refractivity contribution in [2.75, 3.05) is 28.4 Å². The summed E-state index contributed by atoms with van der Waals surface area (Å²) in [7, 11) is 6.52. The molecule has 5 aromatic rings. The van der Waals surface area contributed by atoms with Crippen molar-refractivity contribution in [3.05, 3.63) is 77.2 Å². The van der Waals surface area contributed by atoms with Crippen LogP contribution in [0.2, 0.25) is 0 Å². The fraction of sp³-hybridized carbons (Fsp3) is 0.200. The molecule has 0 saturated heterocycles. The Morgan fingerprint density at radius 2 is 1.21 bits per heavy atom. The molecule has 0 aliphatic heterocycles. The zero-order valence-corrected chi connectivity index (χ0v) is 23.1. The number of aromatic nitrogens is 3. The summed E-state index contributed by atoms with van der Waals surface area (Å²) in [5.74, 6) is 2.61. The number of hydrogen-bond donors (Lipinski definition) is 0. The highest BCUT2D eigenvalue weighted by Crippen LogP contribution is 2.41. The summed E-state index contributed by atoms with van der Waals surface area (Å²) in [5.41, 5.74) is 6.62. The zero-order valence-electron chi connectivity index (χ0n) is 22.2. The van der Waals surface area contributed by atoms with Crippen LogP contribution < -0.4 is 18.9 Å². The second-order valence-corrected chi connectivity index (χ2v) is 9.82. The van der Waals surface area contributed by atoms with E-state index >= 15 is 0 Å². The SMILES string of the molecule is COc1ccc(-c2nn(-c3nc(-c4ccccc4)c(C)s3)c(-c3ccc(OC)c(OC)c3)c2C)cc1OC. The molecular weight excluding hydrogens is 498 g/mol. The standard InChI is InChI=1S/C30H29N3O4S/c1-18-27(21-12-14-23(34-3)25(16-21)36-5)32-33(29(18)22-13-15-24(35-4)26(17-22)37-6)30-31-28(19(2)38-30)20-10-8-7-9-11-20/h7-17H,1-6H3. The Kier molecular flexibility index (Phi) is 7.07. The molecule has 0 bridgehead atoms. The number of aryl methyl sites for hydroxylation is 1. The summed E-state index contributed by atoms with van der Waals surface area (Å²) in [5, 5.41) is 5.88. The Hall–Kier alpha value is -4.30. The molecule has 0 N–H and O–H groups in total. The van der Waals surface area contributed by atoms with Gasteiger partial charge in [0.25, 0.3) is 0 Å². The molecule has 8 heteroatoms. The minimum atomic E-state index is 0.642. The molecule has 0 saturated carbocycles. The first-order valence-corrected chi connectivity index (χ1v) is 12.9. The molecule has 0 unspecified atom stereocenters. The maximum Gasteiger partial charge on any atom is 0.211 e. The Morgan fingerprint density at radius 3 is 1.82 bits per heavy atom. The van der Waals surface area contributed by atoms with Gasteiger partial charge in [0, 0.05) is 27.1 Å². The molecule has 38 heavy (non-hydrogen) atoms. The number of benzene rings is 3. The largest absolute Gasteiger partial charge is 0.493 e. The lowest BCUT2D eigenvalue weighted by Crippen LogP contribution is -2.00. The van der Waals surface area contributed by atoms with E-state index in [2.05, 4.69) is 26.0 Å². The highest BCUT2D eigenvalue weighted by molar-refractivity contribution is 7.14. The summed E-state index contributed by atoms with van der Waals surface area (Å²) in [6.45, 7) is 4.16. The molecule has 0 spiro atoms. The third-order valence-corrected chi connectivity index (χ3v) is 7.40. The van der Waals surface area contributed by atoms with E-state index in [0.717, 1.165) is 49.3 Å². The van der Waals surface area contributed by atoms with Crippen molar-refractivity contribution >= 4 is 11.3 Å². The number of methoxy groups -OCH3 is 4. The summed E-state index contributed by atoms with van der Waals surface area (Å²) >= 11 is 1.61. The molecule has 2 aromatic heterocycles. The number of thiazole rings is 1. The maximum absolute atomic E-state index is 5.61. The first-order valence-electron chi connectivity index (χ1n) is 12.1. The lowest BCUT2D eigenvalue weighted by atomic mass is 10.0. The third kappa shape index (κ3) is 4.48. The van der Waals surface area contributed by atoms with Crippen LogP contribution in [0.1, 0.15) is 10.4 Å². The maximum atomic E-state index is 5.61. The summed E-state index contributed by atoms with van der Waals surface area (Å²) in [4.78, 5) is 6.16. The van der Waals surface area contributed by atoms with Crippen molar-refractivity contribution < 1.29 is 18.9 Å². The lowest BCUT2D eigenvalue weighted by Gasteiger charge is -2.11. The molecule has 0 amide bonds. The van der Waals surface area contributed by atoms with Crippen LogP contribution in [0.3, 0.4) is 0 Å². The smallest absolute Gasteiger partial charge is 0.211 e. The summed E-state index contributed by atoms with van der Waals surface area (Å²) in [6, 6.07) is 21.9. The van der Waals surface area contributed by atoms with Gasteiger partial charge in [-0.05, 0) is 50.2 Å². The minimum Gasteiger partial charge on any atom is -0.493 e. The van der Waals surface area contributed by atoms with E-state index in [-0.39, 0.29) is 0 Å². The van der Waals surface area contributed by atoms with Crippen LogP contribution in [0.5, 0.6) is 23.0 Å². The fourth-order valence-electron chi connectivity index (χ4n) is 4.55. The Morgan fingerprint density at radius 1 is 0.632 bits per heavy atom. The van der Waals surface area contributed by atoms with Gasteiger partial charge >= 0.3 is 0 Å². The van der Waals surface area contributed by atoms with Gasteiger partial charge in [0.1, 0.15) is 0 Å². The van der Waals surface area contributed by atoms with E-state index in [0.29, 0.717) is 23.0 Å². The Labute approximate surface area is 226 Å². The molecule has 0 aliphatic carbocycles. The van der Waals surface area contributed by atoms with Gasteiger partial charge in [-0.3, -0.25) is 0 Å². The molecule has 194 valence electrons. The number of ether oxygens (including phenoxy) is 4. The average molecular weight is 528 g/mol. The van der Waals surface area contributed by atoms with Gasteiger partial charge in [-0.25, -0.2) is 9.67 Å². The van der Waals surface area contributed by atoms with Crippen LogP contribution >= 0.6 is 11.3 Å². The minimum absolute atomic E-state index is 0.642. The molecule has 0 atom stereocenters. The first kappa shape index (κ1) is 25.4. The highest BCUT2D eigenvalue weighted by Gasteiger charge is 2.23. The molecular formula is C30H29N3O4S. The van der Waals surface area contributed by atoms with Crippen molar-refractivity contribution in [1.29, 1.82) is 0 Å². The second-order valence-electron chi connectivity index (χ2n) is 8.64. The Balaban J connectivity index is 1.74. The summed E-state index contributed by atoms with van der Waals surface area (Å²) < 4.78 is 24.0. The van der Waals surface area contributed by atoms with E-state index < -0.39 is 0 Å². The predicted octanol–water partition coefficient (Wildman–Crippen LogP) is 6.98. The molecule has 0 fully saturated rings. The fourth-order valence-corrected chi connectivity index (χ4v) is 5.44. The van der Waals surface area contributed by atoms with E-state index in [1.165, 1.54) is 0 Å². The van der Waals surface area contributed by atoms with Crippen LogP contribution in [0.25, 0.3) is 38.9 Å². The molecule has 2 heterocycles. The first-order chi connectivity index (χ1) is 18.5. The van der Waals surface area contributed by atoms with Gasteiger partial charge in [0.2, 0.25) is 5.13 Å². The zero-order chi connectivity index (χ0) is 26.8. The molecule has 5 rings (SSSR count). The molecule has 0 aliphatic rings. The van der Waals surface area contributed by atoms with Gasteiger partial charge < -0.3 is 18.9 Å². The summed E-state index contributed by atoms with van der Waals surface area (Å²) in [6.07, 6.45) is 0. The van der Waals surface area contributed by atoms with Gasteiger partial charge in [0.15, 0.2) is 23.0 Å². The van der Waals surface area contributed by atoms with Crippen LogP contribution in [-0.2, 0) is 0 Å². The predicted molar refractivity (Wildman–Crippen MR) is 151 cm³/mol. The van der Waals surface area contributed by atoms with Gasteiger partial charge in [0.05, 0.1) is 45.5 Å². The van der Waals surface area contributed by atoms with Crippen LogP contribution in [0, 0.1) is 13.8 Å².